The van der Waals surface area contributed by atoms with Crippen molar-refractivity contribution >= 4 is 10.4 Å². The van der Waals surface area contributed by atoms with Crippen molar-refractivity contribution in [1.29, 1.82) is 0 Å². The molecule has 0 amide bonds. The number of hydrogen-bond donors (Lipinski definition) is 0. The average molecular weight is 431 g/mol. The van der Waals surface area contributed by atoms with E-state index in [1.807, 2.05) is 0 Å². The molecule has 2 aromatic rings. The third-order valence-electron chi connectivity index (χ3n) is 5.82. The van der Waals surface area contributed by atoms with Crippen molar-refractivity contribution in [3.8, 4) is 0 Å². The molecule has 164 valence electrons. The van der Waals surface area contributed by atoms with Crippen LogP contribution in [0.15, 0.2) is 48.5 Å². The van der Waals surface area contributed by atoms with E-state index in [0.29, 0.717) is 12.8 Å². The van der Waals surface area contributed by atoms with Gasteiger partial charge in [0, 0.05) is 5.41 Å². The standard InChI is InChI=1S/C25H34O4S/c1-23(2,3)21-11-7-19(8-12-21)15-25(17-28-30(26,27)29-18-25)16-20-9-13-22(14-10-20)24(4,5)6/h7-14H,15-18H2,1-6H3. The van der Waals surface area contributed by atoms with Gasteiger partial charge >= 0.3 is 10.4 Å². The summed E-state index contributed by atoms with van der Waals surface area (Å²) in [5, 5.41) is 0. The van der Waals surface area contributed by atoms with Gasteiger partial charge in [-0.1, -0.05) is 90.1 Å². The van der Waals surface area contributed by atoms with Gasteiger partial charge in [0.05, 0.1) is 13.2 Å². The highest BCUT2D eigenvalue weighted by molar-refractivity contribution is 7.81. The van der Waals surface area contributed by atoms with Crippen LogP contribution in [0.1, 0.15) is 63.8 Å². The van der Waals surface area contributed by atoms with E-state index in [-0.39, 0.29) is 24.0 Å². The average Bonchev–Trinajstić information content (AvgIpc) is 2.64. The molecule has 0 aromatic heterocycles. The molecule has 0 radical (unpaired) electrons. The van der Waals surface area contributed by atoms with E-state index in [2.05, 4.69) is 90.1 Å². The van der Waals surface area contributed by atoms with Crippen LogP contribution < -0.4 is 0 Å². The Bertz CT molecular complexity index is 884. The Balaban J connectivity index is 1.85. The molecule has 0 saturated carbocycles. The van der Waals surface area contributed by atoms with E-state index in [0.717, 1.165) is 11.1 Å². The highest BCUT2D eigenvalue weighted by atomic mass is 32.3. The van der Waals surface area contributed by atoms with E-state index in [1.165, 1.54) is 11.1 Å². The van der Waals surface area contributed by atoms with Crippen molar-refractivity contribution in [2.45, 2.75) is 65.2 Å². The monoisotopic (exact) mass is 430 g/mol. The van der Waals surface area contributed by atoms with Gasteiger partial charge in [0.15, 0.2) is 0 Å². The van der Waals surface area contributed by atoms with Gasteiger partial charge in [-0.15, -0.1) is 0 Å². The molecule has 0 N–H and O–H groups in total. The summed E-state index contributed by atoms with van der Waals surface area (Å²) in [4.78, 5) is 0. The lowest BCUT2D eigenvalue weighted by Gasteiger charge is -2.36. The van der Waals surface area contributed by atoms with Crippen LogP contribution in [-0.4, -0.2) is 21.6 Å². The Kier molecular flexibility index (Phi) is 6.21. The molecule has 1 aliphatic heterocycles. The van der Waals surface area contributed by atoms with E-state index in [4.69, 9.17) is 8.37 Å². The van der Waals surface area contributed by atoms with E-state index < -0.39 is 15.8 Å². The van der Waals surface area contributed by atoms with Crippen LogP contribution >= 0.6 is 0 Å². The topological polar surface area (TPSA) is 52.6 Å². The normalized spacial score (nSPS) is 18.9. The Labute approximate surface area is 181 Å². The Morgan fingerprint density at radius 2 is 1.03 bits per heavy atom. The third kappa shape index (κ3) is 5.71. The Hall–Kier alpha value is -1.69. The molecule has 0 aliphatic carbocycles. The molecule has 0 unspecified atom stereocenters. The second-order valence-electron chi connectivity index (χ2n) is 10.7. The van der Waals surface area contributed by atoms with Crippen LogP contribution in [0, 0.1) is 5.41 Å². The molecule has 2 aromatic carbocycles. The fourth-order valence-electron chi connectivity index (χ4n) is 3.85. The van der Waals surface area contributed by atoms with Crippen LogP contribution in [-0.2, 0) is 42.4 Å². The molecule has 1 fully saturated rings. The van der Waals surface area contributed by atoms with Crippen molar-refractivity contribution < 1.29 is 16.8 Å². The van der Waals surface area contributed by atoms with Crippen LogP contribution in [0.25, 0.3) is 0 Å². The molecule has 30 heavy (non-hydrogen) atoms. The Morgan fingerprint density at radius 3 is 1.33 bits per heavy atom. The predicted molar refractivity (Wildman–Crippen MR) is 121 cm³/mol. The van der Waals surface area contributed by atoms with Crippen LogP contribution in [0.5, 0.6) is 0 Å². The van der Waals surface area contributed by atoms with Crippen molar-refractivity contribution in [3.63, 3.8) is 0 Å². The molecule has 0 spiro atoms. The molecule has 1 saturated heterocycles. The summed E-state index contributed by atoms with van der Waals surface area (Å²) in [7, 11) is -3.89. The lowest BCUT2D eigenvalue weighted by molar-refractivity contribution is 0.0249. The summed E-state index contributed by atoms with van der Waals surface area (Å²) in [6.07, 6.45) is 1.38. The second-order valence-corrected chi connectivity index (χ2v) is 12.0. The molecule has 5 heteroatoms. The van der Waals surface area contributed by atoms with Gasteiger partial charge in [-0.25, -0.2) is 8.37 Å². The summed E-state index contributed by atoms with van der Waals surface area (Å²) in [5.74, 6) is 0. The van der Waals surface area contributed by atoms with Crippen molar-refractivity contribution in [3.05, 3.63) is 70.8 Å². The van der Waals surface area contributed by atoms with Gasteiger partial charge in [0.2, 0.25) is 0 Å². The first-order valence-corrected chi connectivity index (χ1v) is 11.8. The van der Waals surface area contributed by atoms with E-state index >= 15 is 0 Å². The third-order valence-corrected chi connectivity index (χ3v) is 6.63. The summed E-state index contributed by atoms with van der Waals surface area (Å²) in [6.45, 7) is 13.4. The highest BCUT2D eigenvalue weighted by Crippen LogP contribution is 2.35. The summed E-state index contributed by atoms with van der Waals surface area (Å²) >= 11 is 0. The first kappa shape index (κ1) is 23.0. The number of hydrogen-bond acceptors (Lipinski definition) is 4. The molecular formula is C25H34O4S. The van der Waals surface area contributed by atoms with Crippen LogP contribution in [0.4, 0.5) is 0 Å². The first-order valence-electron chi connectivity index (χ1n) is 10.5. The maximum atomic E-state index is 11.7. The largest absolute Gasteiger partial charge is 0.399 e. The first-order chi connectivity index (χ1) is 13.8. The van der Waals surface area contributed by atoms with Crippen molar-refractivity contribution in [1.82, 2.24) is 0 Å². The summed E-state index contributed by atoms with van der Waals surface area (Å²) < 4.78 is 33.7. The minimum absolute atomic E-state index is 0.0934. The SMILES string of the molecule is CC(C)(C)c1ccc(CC2(Cc3ccc(C(C)(C)C)cc3)COS(=O)(=O)OC2)cc1. The van der Waals surface area contributed by atoms with Crippen LogP contribution in [0.3, 0.4) is 0 Å². The zero-order valence-corrected chi connectivity index (χ0v) is 19.8. The molecular weight excluding hydrogens is 396 g/mol. The predicted octanol–water partition coefficient (Wildman–Crippen LogP) is 5.34. The van der Waals surface area contributed by atoms with Crippen molar-refractivity contribution in [2.24, 2.45) is 5.41 Å². The molecule has 3 rings (SSSR count). The zero-order valence-electron chi connectivity index (χ0n) is 19.0. The fraction of sp³-hybridized carbons (Fsp3) is 0.520. The highest BCUT2D eigenvalue weighted by Gasteiger charge is 2.39. The molecule has 1 aliphatic rings. The quantitative estimate of drug-likeness (QED) is 0.657. The van der Waals surface area contributed by atoms with Gasteiger partial charge in [0.25, 0.3) is 0 Å². The van der Waals surface area contributed by atoms with E-state index in [1.54, 1.807) is 0 Å². The minimum atomic E-state index is -3.89. The summed E-state index contributed by atoms with van der Waals surface area (Å²) in [6, 6.07) is 17.2. The van der Waals surface area contributed by atoms with Gasteiger partial charge in [-0.3, -0.25) is 0 Å². The Morgan fingerprint density at radius 1 is 0.700 bits per heavy atom. The van der Waals surface area contributed by atoms with Gasteiger partial charge < -0.3 is 0 Å². The lowest BCUT2D eigenvalue weighted by Crippen LogP contribution is -2.43. The minimum Gasteiger partial charge on any atom is -0.247 e. The van der Waals surface area contributed by atoms with Crippen LogP contribution in [0.2, 0.25) is 0 Å². The number of rotatable bonds is 4. The zero-order chi connectivity index (χ0) is 22.2. The lowest BCUT2D eigenvalue weighted by atomic mass is 9.76. The van der Waals surface area contributed by atoms with Gasteiger partial charge in [-0.05, 0) is 45.9 Å². The maximum absolute atomic E-state index is 11.7. The van der Waals surface area contributed by atoms with Gasteiger partial charge in [-0.2, -0.15) is 8.42 Å². The number of benzene rings is 2. The van der Waals surface area contributed by atoms with Gasteiger partial charge in [0.1, 0.15) is 0 Å². The maximum Gasteiger partial charge on any atom is 0.399 e. The summed E-state index contributed by atoms with van der Waals surface area (Å²) in [5.41, 5.74) is 4.61. The second kappa shape index (κ2) is 8.10. The van der Waals surface area contributed by atoms with E-state index in [9.17, 15) is 8.42 Å². The molecule has 1 heterocycles. The molecule has 4 nitrogen and oxygen atoms in total. The van der Waals surface area contributed by atoms with Crippen molar-refractivity contribution in [2.75, 3.05) is 13.2 Å². The fourth-order valence-corrected chi connectivity index (χ4v) is 4.70. The smallest absolute Gasteiger partial charge is 0.247 e. The molecule has 0 bridgehead atoms. The molecule has 0 atom stereocenters.